The molecule has 3 heterocycles. The van der Waals surface area contributed by atoms with Crippen LogP contribution in [0.4, 0.5) is 0 Å². The van der Waals surface area contributed by atoms with Crippen LogP contribution >= 0.6 is 0 Å². The molecule has 0 saturated carbocycles. The molecule has 0 N–H and O–H groups in total. The lowest BCUT2D eigenvalue weighted by molar-refractivity contribution is -0.0956. The first-order chi connectivity index (χ1) is 13.6. The summed E-state index contributed by atoms with van der Waals surface area (Å²) in [5.41, 5.74) is 0.507. The summed E-state index contributed by atoms with van der Waals surface area (Å²) < 4.78 is 43.2. The Morgan fingerprint density at radius 2 is 1.50 bits per heavy atom. The van der Waals surface area contributed by atoms with Gasteiger partial charge in [-0.15, -0.1) is 0 Å². The van der Waals surface area contributed by atoms with Crippen molar-refractivity contribution in [2.24, 2.45) is 5.92 Å². The molecule has 8 nitrogen and oxygen atoms in total. The SMILES string of the molecule is O=C(c1ccc(S(=O)(=O)N2CCOCC2)cc1)N1CCC(C2OCCO2)CC1. The quantitative estimate of drug-likeness (QED) is 0.734. The van der Waals surface area contributed by atoms with Crippen molar-refractivity contribution in [3.8, 4) is 0 Å². The van der Waals surface area contributed by atoms with E-state index in [4.69, 9.17) is 14.2 Å². The minimum absolute atomic E-state index is 0.0676. The molecule has 1 aromatic carbocycles. The average molecular weight is 410 g/mol. The van der Waals surface area contributed by atoms with E-state index in [1.807, 2.05) is 4.90 Å². The molecule has 1 aromatic rings. The number of likely N-dealkylation sites (tertiary alicyclic amines) is 1. The fourth-order valence-electron chi connectivity index (χ4n) is 3.91. The van der Waals surface area contributed by atoms with E-state index in [0.717, 1.165) is 12.8 Å². The summed E-state index contributed by atoms with van der Waals surface area (Å²) in [5, 5.41) is 0. The van der Waals surface area contributed by atoms with Crippen molar-refractivity contribution in [3.05, 3.63) is 29.8 Å². The van der Waals surface area contributed by atoms with Crippen molar-refractivity contribution in [1.29, 1.82) is 0 Å². The zero-order chi connectivity index (χ0) is 19.6. The van der Waals surface area contributed by atoms with E-state index in [2.05, 4.69) is 0 Å². The molecule has 154 valence electrons. The molecule has 4 rings (SSSR count). The topological polar surface area (TPSA) is 85.4 Å². The summed E-state index contributed by atoms with van der Waals surface area (Å²) in [4.78, 5) is 14.8. The summed E-state index contributed by atoms with van der Waals surface area (Å²) in [5.74, 6) is 0.259. The van der Waals surface area contributed by atoms with Crippen LogP contribution in [0.5, 0.6) is 0 Å². The first-order valence-electron chi connectivity index (χ1n) is 9.76. The van der Waals surface area contributed by atoms with Crippen LogP contribution in [0, 0.1) is 5.92 Å². The largest absolute Gasteiger partial charge is 0.379 e. The summed E-state index contributed by atoms with van der Waals surface area (Å²) >= 11 is 0. The highest BCUT2D eigenvalue weighted by Crippen LogP contribution is 2.27. The molecule has 1 amide bonds. The van der Waals surface area contributed by atoms with E-state index < -0.39 is 10.0 Å². The number of carbonyl (C=O) groups is 1. The van der Waals surface area contributed by atoms with E-state index in [9.17, 15) is 13.2 Å². The van der Waals surface area contributed by atoms with E-state index in [0.29, 0.717) is 64.1 Å². The van der Waals surface area contributed by atoms with Gasteiger partial charge in [0.2, 0.25) is 10.0 Å². The number of piperidine rings is 1. The van der Waals surface area contributed by atoms with Crippen LogP contribution in [0.15, 0.2) is 29.2 Å². The summed E-state index contributed by atoms with van der Waals surface area (Å²) in [7, 11) is -3.55. The van der Waals surface area contributed by atoms with Gasteiger partial charge < -0.3 is 19.1 Å². The molecule has 0 radical (unpaired) electrons. The zero-order valence-electron chi connectivity index (χ0n) is 15.8. The number of hydrogen-bond donors (Lipinski definition) is 0. The molecule has 3 fully saturated rings. The van der Waals surface area contributed by atoms with Gasteiger partial charge in [0.1, 0.15) is 0 Å². The van der Waals surface area contributed by atoms with Gasteiger partial charge in [0.15, 0.2) is 6.29 Å². The molecule has 3 aliphatic rings. The first kappa shape index (κ1) is 19.8. The first-order valence-corrected chi connectivity index (χ1v) is 11.2. The molecule has 0 spiro atoms. The van der Waals surface area contributed by atoms with Gasteiger partial charge in [-0.05, 0) is 37.1 Å². The normalized spacial score (nSPS) is 23.2. The minimum Gasteiger partial charge on any atom is -0.379 e. The lowest BCUT2D eigenvalue weighted by atomic mass is 9.95. The summed E-state index contributed by atoms with van der Waals surface area (Å²) in [6, 6.07) is 6.24. The number of benzene rings is 1. The Morgan fingerprint density at radius 1 is 0.893 bits per heavy atom. The van der Waals surface area contributed by atoms with E-state index >= 15 is 0 Å². The number of rotatable bonds is 4. The molecular weight excluding hydrogens is 384 g/mol. The number of hydrogen-bond acceptors (Lipinski definition) is 6. The maximum absolute atomic E-state index is 12.8. The molecule has 0 atom stereocenters. The van der Waals surface area contributed by atoms with Crippen molar-refractivity contribution < 1.29 is 27.4 Å². The van der Waals surface area contributed by atoms with Crippen LogP contribution in [0.3, 0.4) is 0 Å². The number of carbonyl (C=O) groups excluding carboxylic acids is 1. The lowest BCUT2D eigenvalue weighted by Gasteiger charge is -2.34. The standard InChI is InChI=1S/C19H26N2O6S/c22-18(20-7-5-16(6-8-20)19-26-13-14-27-19)15-1-3-17(4-2-15)28(23,24)21-9-11-25-12-10-21/h1-4,16,19H,5-14H2. The van der Waals surface area contributed by atoms with Crippen molar-refractivity contribution >= 4 is 15.9 Å². The van der Waals surface area contributed by atoms with Gasteiger partial charge in [0.25, 0.3) is 5.91 Å². The Balaban J connectivity index is 1.37. The Hall–Kier alpha value is -1.52. The highest BCUT2D eigenvalue weighted by molar-refractivity contribution is 7.89. The van der Waals surface area contributed by atoms with Crippen LogP contribution in [0.2, 0.25) is 0 Å². The minimum atomic E-state index is -3.55. The maximum Gasteiger partial charge on any atom is 0.253 e. The molecule has 0 aliphatic carbocycles. The third kappa shape index (κ3) is 4.08. The molecule has 0 unspecified atom stereocenters. The van der Waals surface area contributed by atoms with E-state index in [-0.39, 0.29) is 17.1 Å². The Labute approximate surface area is 165 Å². The molecular formula is C19H26N2O6S. The van der Waals surface area contributed by atoms with Gasteiger partial charge in [0, 0.05) is 37.7 Å². The second kappa shape index (κ2) is 8.46. The smallest absolute Gasteiger partial charge is 0.253 e. The van der Waals surface area contributed by atoms with E-state index in [1.54, 1.807) is 12.1 Å². The van der Waals surface area contributed by atoms with Crippen LogP contribution < -0.4 is 0 Å². The second-order valence-electron chi connectivity index (χ2n) is 7.28. The molecule has 9 heteroatoms. The van der Waals surface area contributed by atoms with Crippen molar-refractivity contribution in [3.63, 3.8) is 0 Å². The van der Waals surface area contributed by atoms with Gasteiger partial charge in [-0.3, -0.25) is 4.79 Å². The summed E-state index contributed by atoms with van der Waals surface area (Å²) in [6.07, 6.45) is 1.56. The highest BCUT2D eigenvalue weighted by Gasteiger charge is 2.32. The predicted octanol–water partition coefficient (Wildman–Crippen LogP) is 0.933. The fraction of sp³-hybridized carbons (Fsp3) is 0.632. The third-order valence-electron chi connectivity index (χ3n) is 5.57. The van der Waals surface area contributed by atoms with Gasteiger partial charge in [-0.25, -0.2) is 8.42 Å². The number of nitrogens with zero attached hydrogens (tertiary/aromatic N) is 2. The molecule has 28 heavy (non-hydrogen) atoms. The maximum atomic E-state index is 12.8. The molecule has 3 aliphatic heterocycles. The van der Waals surface area contributed by atoms with Crippen molar-refractivity contribution in [1.82, 2.24) is 9.21 Å². The lowest BCUT2D eigenvalue weighted by Crippen LogP contribution is -2.41. The number of amides is 1. The van der Waals surface area contributed by atoms with Gasteiger partial charge >= 0.3 is 0 Å². The summed E-state index contributed by atoms with van der Waals surface area (Å²) in [6.45, 7) is 4.11. The van der Waals surface area contributed by atoms with Crippen LogP contribution in [-0.2, 0) is 24.2 Å². The highest BCUT2D eigenvalue weighted by atomic mass is 32.2. The van der Waals surface area contributed by atoms with Gasteiger partial charge in [-0.2, -0.15) is 4.31 Å². The van der Waals surface area contributed by atoms with Crippen LogP contribution in [-0.4, -0.2) is 82.4 Å². The predicted molar refractivity (Wildman–Crippen MR) is 100 cm³/mol. The number of morpholine rings is 1. The third-order valence-corrected chi connectivity index (χ3v) is 7.48. The van der Waals surface area contributed by atoms with Crippen molar-refractivity contribution in [2.45, 2.75) is 24.0 Å². The second-order valence-corrected chi connectivity index (χ2v) is 9.22. The number of sulfonamides is 1. The Morgan fingerprint density at radius 3 is 2.11 bits per heavy atom. The monoisotopic (exact) mass is 410 g/mol. The van der Waals surface area contributed by atoms with Crippen LogP contribution in [0.25, 0.3) is 0 Å². The van der Waals surface area contributed by atoms with Gasteiger partial charge in [0.05, 0.1) is 31.3 Å². The Bertz CT molecular complexity index is 777. The van der Waals surface area contributed by atoms with Gasteiger partial charge in [-0.1, -0.05) is 0 Å². The average Bonchev–Trinajstić information content (AvgIpc) is 3.29. The molecule has 0 bridgehead atoms. The zero-order valence-corrected chi connectivity index (χ0v) is 16.6. The Kier molecular flexibility index (Phi) is 5.98. The fourth-order valence-corrected chi connectivity index (χ4v) is 5.32. The van der Waals surface area contributed by atoms with Crippen LogP contribution in [0.1, 0.15) is 23.2 Å². The van der Waals surface area contributed by atoms with Crippen molar-refractivity contribution in [2.75, 3.05) is 52.6 Å². The molecule has 3 saturated heterocycles. The molecule has 0 aromatic heterocycles. The van der Waals surface area contributed by atoms with E-state index in [1.165, 1.54) is 16.4 Å². The number of ether oxygens (including phenoxy) is 3.